The topological polar surface area (TPSA) is 194 Å². The number of aromatic hydroxyl groups is 1. The lowest BCUT2D eigenvalue weighted by Crippen LogP contribution is -2.65. The van der Waals surface area contributed by atoms with Crippen LogP contribution in [0.3, 0.4) is 0 Å². The van der Waals surface area contributed by atoms with Gasteiger partial charge in [-0.1, -0.05) is 84.0 Å². The molecule has 0 unspecified atom stereocenters. The predicted octanol–water partition coefficient (Wildman–Crippen LogP) is 5.45. The number of ketones is 2. The molecule has 0 aromatic heterocycles. The van der Waals surface area contributed by atoms with E-state index in [1.165, 1.54) is 62.7 Å². The second kappa shape index (κ2) is 17.1. The molecule has 1 saturated carbocycles. The van der Waals surface area contributed by atoms with Crippen molar-refractivity contribution in [3.63, 3.8) is 0 Å². The number of anilines is 2. The van der Waals surface area contributed by atoms with Crippen LogP contribution in [-0.2, 0) is 25.6 Å². The average Bonchev–Trinajstić information content (AvgIpc) is 3.05. The number of likely N-dealkylation sites (N-methyl/N-ethyl adjacent to an activating group) is 1. The van der Waals surface area contributed by atoms with Gasteiger partial charge in [0.25, 0.3) is 5.91 Å². The number of aliphatic hydroxyl groups excluding tert-OH is 2. The highest BCUT2D eigenvalue weighted by molar-refractivity contribution is 6.24. The van der Waals surface area contributed by atoms with Crippen LogP contribution >= 0.6 is 0 Å². The van der Waals surface area contributed by atoms with Crippen LogP contribution in [0.2, 0.25) is 0 Å². The van der Waals surface area contributed by atoms with E-state index in [1.807, 2.05) is 0 Å². The van der Waals surface area contributed by atoms with Crippen LogP contribution < -0.4 is 16.0 Å². The van der Waals surface area contributed by atoms with Gasteiger partial charge in [0, 0.05) is 37.7 Å². The standard InChI is InChI=1S/C39H58N4O8/c1-6-7-8-9-10-11-12-13-14-15-16-17-18-19-28(44)41-26-22-27(42(2)3)24-20-23-21-25-32(43(4)5)35(47)31(38(40)50)37(49)39(25,51)36(48)29(23)34(46)30(24)33(26)45/h22-23,25,32,45-46,49,51H,6-21H2,1-5H3,(H2,40,50)(H,41,44)/t23-,25-,32-,39-/m0/s1. The number of unbranched alkanes of at least 4 members (excludes halogenated alkanes) is 12. The number of hydrogen-bond donors (Lipinski definition) is 6. The first-order valence-electron chi connectivity index (χ1n) is 18.7. The Bertz CT molecular complexity index is 1560. The molecule has 51 heavy (non-hydrogen) atoms. The molecule has 2 amide bonds. The summed E-state index contributed by atoms with van der Waals surface area (Å²) in [5.41, 5.74) is 2.73. The Hall–Kier alpha value is -3.90. The lowest BCUT2D eigenvalue weighted by Gasteiger charge is -2.50. The monoisotopic (exact) mass is 710 g/mol. The van der Waals surface area contributed by atoms with Crippen molar-refractivity contribution in [3.8, 4) is 5.75 Å². The van der Waals surface area contributed by atoms with Crippen molar-refractivity contribution in [2.75, 3.05) is 38.4 Å². The van der Waals surface area contributed by atoms with Gasteiger partial charge in [-0.3, -0.25) is 24.1 Å². The van der Waals surface area contributed by atoms with E-state index in [-0.39, 0.29) is 42.0 Å². The molecule has 0 bridgehead atoms. The van der Waals surface area contributed by atoms with Crippen molar-refractivity contribution in [3.05, 3.63) is 34.1 Å². The smallest absolute Gasteiger partial charge is 0.255 e. The van der Waals surface area contributed by atoms with Crippen LogP contribution in [0.1, 0.15) is 114 Å². The molecule has 7 N–H and O–H groups in total. The van der Waals surface area contributed by atoms with Crippen molar-refractivity contribution < 1.29 is 39.6 Å². The Balaban J connectivity index is 1.49. The maximum Gasteiger partial charge on any atom is 0.255 e. The van der Waals surface area contributed by atoms with E-state index in [2.05, 4.69) is 12.2 Å². The highest BCUT2D eigenvalue weighted by atomic mass is 16.3. The summed E-state index contributed by atoms with van der Waals surface area (Å²) in [6.45, 7) is 2.23. The molecular formula is C39H58N4O8. The normalized spacial score (nSPS) is 22.9. The van der Waals surface area contributed by atoms with Crippen LogP contribution in [0.5, 0.6) is 5.75 Å². The molecule has 0 radical (unpaired) electrons. The number of rotatable bonds is 18. The number of Topliss-reactive ketones (excluding diaryl/α,β-unsaturated/α-hetero) is 2. The minimum atomic E-state index is -2.72. The van der Waals surface area contributed by atoms with E-state index in [0.717, 1.165) is 19.3 Å². The van der Waals surface area contributed by atoms with Gasteiger partial charge in [0.15, 0.2) is 11.4 Å². The summed E-state index contributed by atoms with van der Waals surface area (Å²) in [5.74, 6) is -7.46. The fraction of sp³-hybridized carbons (Fsp3) is 0.641. The second-order valence-corrected chi connectivity index (χ2v) is 15.0. The summed E-state index contributed by atoms with van der Waals surface area (Å²) in [7, 11) is 6.68. The van der Waals surface area contributed by atoms with Gasteiger partial charge in [-0.05, 0) is 50.9 Å². The number of carbonyl (C=O) groups excluding carboxylic acids is 4. The van der Waals surface area contributed by atoms with Crippen molar-refractivity contribution in [1.29, 1.82) is 0 Å². The zero-order valence-electron chi connectivity index (χ0n) is 31.0. The Morgan fingerprint density at radius 2 is 1.45 bits per heavy atom. The number of fused-ring (bicyclic) bond motifs is 3. The molecule has 1 fully saturated rings. The van der Waals surface area contributed by atoms with E-state index in [0.29, 0.717) is 17.7 Å². The maximum atomic E-state index is 14.2. The molecule has 12 heteroatoms. The van der Waals surface area contributed by atoms with E-state index >= 15 is 0 Å². The second-order valence-electron chi connectivity index (χ2n) is 15.0. The lowest BCUT2D eigenvalue weighted by molar-refractivity contribution is -0.153. The SMILES string of the molecule is CCCCCCCCCCCCCCCC(=O)Nc1cc(N(C)C)c2c(c1O)C(O)=C1C(=O)[C@]3(O)C(O)=C(C(N)=O)C(=O)[C@@H](N(C)C)[C@@H]3C[C@@H]1C2. The van der Waals surface area contributed by atoms with Gasteiger partial charge in [0.2, 0.25) is 11.7 Å². The van der Waals surface area contributed by atoms with Crippen molar-refractivity contribution in [1.82, 2.24) is 4.90 Å². The third kappa shape index (κ3) is 8.12. The molecule has 3 aliphatic carbocycles. The number of carbonyl (C=O) groups is 4. The number of phenolic OH excluding ortho intramolecular Hbond substituents is 1. The van der Waals surface area contributed by atoms with E-state index in [1.54, 1.807) is 39.2 Å². The molecule has 282 valence electrons. The van der Waals surface area contributed by atoms with Crippen LogP contribution in [0.4, 0.5) is 11.4 Å². The van der Waals surface area contributed by atoms with Gasteiger partial charge < -0.3 is 36.4 Å². The number of primary amides is 1. The van der Waals surface area contributed by atoms with Crippen molar-refractivity contribution >= 4 is 40.5 Å². The molecule has 3 aliphatic rings. The molecule has 4 rings (SSSR count). The van der Waals surface area contributed by atoms with Gasteiger partial charge >= 0.3 is 0 Å². The summed E-state index contributed by atoms with van der Waals surface area (Å²) >= 11 is 0. The summed E-state index contributed by atoms with van der Waals surface area (Å²) in [5, 5.41) is 48.9. The van der Waals surface area contributed by atoms with Crippen molar-refractivity contribution in [2.45, 2.75) is 121 Å². The van der Waals surface area contributed by atoms with Crippen LogP contribution in [0.15, 0.2) is 23.0 Å². The number of nitrogens with two attached hydrogens (primary N) is 1. The number of benzene rings is 1. The number of nitrogens with one attached hydrogen (secondary N) is 1. The number of hydrogen-bond acceptors (Lipinski definition) is 10. The quantitative estimate of drug-likeness (QED) is 0.0648. The van der Waals surface area contributed by atoms with Gasteiger partial charge in [0.05, 0.1) is 17.3 Å². The highest BCUT2D eigenvalue weighted by Crippen LogP contribution is 2.54. The number of phenols is 1. The molecule has 0 heterocycles. The Morgan fingerprint density at radius 1 is 0.902 bits per heavy atom. The summed E-state index contributed by atoms with van der Waals surface area (Å²) in [6.07, 6.45) is 15.9. The third-order valence-electron chi connectivity index (χ3n) is 11.0. The molecule has 0 spiro atoms. The fourth-order valence-corrected chi connectivity index (χ4v) is 8.30. The minimum Gasteiger partial charge on any atom is -0.508 e. The fourth-order valence-electron chi connectivity index (χ4n) is 8.30. The molecule has 0 aliphatic heterocycles. The minimum absolute atomic E-state index is 0.00297. The van der Waals surface area contributed by atoms with Gasteiger partial charge in [-0.25, -0.2) is 0 Å². The predicted molar refractivity (Wildman–Crippen MR) is 198 cm³/mol. The molecule has 1 aromatic rings. The zero-order chi connectivity index (χ0) is 37.6. The summed E-state index contributed by atoms with van der Waals surface area (Å²) < 4.78 is 0. The first kappa shape index (κ1) is 39.9. The number of aliphatic hydroxyl groups is 3. The Labute approximate surface area is 301 Å². The first-order valence-corrected chi connectivity index (χ1v) is 18.7. The first-order chi connectivity index (χ1) is 24.2. The zero-order valence-corrected chi connectivity index (χ0v) is 31.0. The van der Waals surface area contributed by atoms with E-state index < -0.39 is 63.8 Å². The Kier molecular flexibility index (Phi) is 13.4. The summed E-state index contributed by atoms with van der Waals surface area (Å²) in [4.78, 5) is 56.0. The average molecular weight is 711 g/mol. The van der Waals surface area contributed by atoms with Gasteiger partial charge in [-0.2, -0.15) is 0 Å². The molecule has 12 nitrogen and oxygen atoms in total. The molecule has 4 atom stereocenters. The van der Waals surface area contributed by atoms with Gasteiger partial charge in [-0.15, -0.1) is 0 Å². The number of nitrogens with zero attached hydrogens (tertiary/aromatic N) is 2. The number of amides is 2. The molecule has 0 saturated heterocycles. The van der Waals surface area contributed by atoms with Crippen LogP contribution in [0.25, 0.3) is 5.76 Å². The van der Waals surface area contributed by atoms with Gasteiger partial charge in [0.1, 0.15) is 22.8 Å². The van der Waals surface area contributed by atoms with Crippen LogP contribution in [0, 0.1) is 11.8 Å². The maximum absolute atomic E-state index is 14.2. The molecular weight excluding hydrogens is 652 g/mol. The van der Waals surface area contributed by atoms with Crippen molar-refractivity contribution in [2.24, 2.45) is 17.6 Å². The van der Waals surface area contributed by atoms with E-state index in [4.69, 9.17) is 5.73 Å². The largest absolute Gasteiger partial charge is 0.508 e. The summed E-state index contributed by atoms with van der Waals surface area (Å²) in [6, 6.07) is 0.479. The highest BCUT2D eigenvalue weighted by Gasteiger charge is 2.64. The van der Waals surface area contributed by atoms with E-state index in [9.17, 15) is 39.6 Å². The van der Waals surface area contributed by atoms with Crippen LogP contribution in [-0.4, -0.2) is 88.5 Å². The molecule has 1 aromatic carbocycles. The Morgan fingerprint density at radius 3 is 1.96 bits per heavy atom. The lowest BCUT2D eigenvalue weighted by atomic mass is 9.57. The third-order valence-corrected chi connectivity index (χ3v) is 11.0.